The van der Waals surface area contributed by atoms with Crippen molar-refractivity contribution in [2.45, 2.75) is 13.0 Å². The van der Waals surface area contributed by atoms with Crippen molar-refractivity contribution >= 4 is 16.8 Å². The van der Waals surface area contributed by atoms with Gasteiger partial charge in [-0.2, -0.15) is 0 Å². The van der Waals surface area contributed by atoms with E-state index in [1.807, 2.05) is 30.1 Å². The van der Waals surface area contributed by atoms with Gasteiger partial charge >= 0.3 is 0 Å². The number of piperazine rings is 1. The zero-order valence-electron chi connectivity index (χ0n) is 16.6. The lowest BCUT2D eigenvalue weighted by molar-refractivity contribution is -0.132. The molecule has 1 aromatic heterocycles. The zero-order chi connectivity index (χ0) is 19.8. The molecule has 0 aliphatic carbocycles. The van der Waals surface area contributed by atoms with E-state index in [2.05, 4.69) is 39.9 Å². The first kappa shape index (κ1) is 18.1. The summed E-state index contributed by atoms with van der Waals surface area (Å²) in [6.45, 7) is 4.48. The molecule has 0 bridgehead atoms. The van der Waals surface area contributed by atoms with E-state index in [9.17, 15) is 4.79 Å². The number of fused-ring (bicyclic) bond motifs is 2. The Hall–Kier alpha value is -2.99. The second kappa shape index (κ2) is 7.44. The Morgan fingerprint density at radius 2 is 1.79 bits per heavy atom. The Balaban J connectivity index is 1.18. The lowest BCUT2D eigenvalue weighted by Crippen LogP contribution is -2.48. The van der Waals surface area contributed by atoms with E-state index in [0.717, 1.165) is 49.8 Å². The predicted octanol–water partition coefficient (Wildman–Crippen LogP) is 2.79. The van der Waals surface area contributed by atoms with Gasteiger partial charge in [0.1, 0.15) is 0 Å². The molecule has 0 spiro atoms. The van der Waals surface area contributed by atoms with E-state index in [1.165, 1.54) is 16.5 Å². The number of rotatable bonds is 4. The Morgan fingerprint density at radius 3 is 2.66 bits per heavy atom. The Bertz CT molecular complexity index is 1050. The van der Waals surface area contributed by atoms with Gasteiger partial charge in [-0.3, -0.25) is 9.69 Å². The summed E-state index contributed by atoms with van der Waals surface area (Å²) in [4.78, 5) is 17.3. The average molecular weight is 391 g/mol. The van der Waals surface area contributed by atoms with Crippen LogP contribution in [0.15, 0.2) is 48.7 Å². The maximum Gasteiger partial charge on any atom is 0.231 e. The van der Waals surface area contributed by atoms with E-state index >= 15 is 0 Å². The summed E-state index contributed by atoms with van der Waals surface area (Å²) in [7, 11) is 2.03. The normalized spacial score (nSPS) is 16.5. The van der Waals surface area contributed by atoms with Gasteiger partial charge in [-0.15, -0.1) is 0 Å². The number of hydrogen-bond acceptors (Lipinski definition) is 4. The third kappa shape index (κ3) is 3.56. The Morgan fingerprint density at radius 1 is 1.00 bits per heavy atom. The molecule has 150 valence electrons. The first-order valence-corrected chi connectivity index (χ1v) is 10.1. The molecule has 6 nitrogen and oxygen atoms in total. The quantitative estimate of drug-likeness (QED) is 0.686. The van der Waals surface area contributed by atoms with E-state index in [4.69, 9.17) is 9.47 Å². The lowest BCUT2D eigenvalue weighted by Gasteiger charge is -2.34. The van der Waals surface area contributed by atoms with Crippen LogP contribution in [0.25, 0.3) is 10.9 Å². The minimum absolute atomic E-state index is 0.212. The van der Waals surface area contributed by atoms with Crippen molar-refractivity contribution in [1.29, 1.82) is 0 Å². The fourth-order valence-corrected chi connectivity index (χ4v) is 4.29. The number of para-hydroxylation sites is 1. The van der Waals surface area contributed by atoms with Crippen LogP contribution in [0, 0.1) is 0 Å². The molecule has 1 saturated heterocycles. The molecule has 2 aliphatic rings. The van der Waals surface area contributed by atoms with E-state index in [-0.39, 0.29) is 5.91 Å². The maximum atomic E-state index is 12.9. The van der Waals surface area contributed by atoms with Gasteiger partial charge in [0.05, 0.1) is 6.42 Å². The second-order valence-corrected chi connectivity index (χ2v) is 7.80. The highest BCUT2D eigenvalue weighted by Gasteiger charge is 2.23. The number of carbonyl (C=O) groups is 1. The summed E-state index contributed by atoms with van der Waals surface area (Å²) in [5.74, 6) is 1.85. The van der Waals surface area contributed by atoms with Crippen LogP contribution >= 0.6 is 0 Å². The van der Waals surface area contributed by atoms with Crippen LogP contribution < -0.4 is 9.47 Å². The molecule has 0 atom stereocenters. The van der Waals surface area contributed by atoms with Crippen molar-refractivity contribution in [1.82, 2.24) is 14.4 Å². The smallest absolute Gasteiger partial charge is 0.231 e. The van der Waals surface area contributed by atoms with E-state index < -0.39 is 0 Å². The van der Waals surface area contributed by atoms with E-state index in [0.29, 0.717) is 13.2 Å². The zero-order valence-corrected chi connectivity index (χ0v) is 16.6. The van der Waals surface area contributed by atoms with Gasteiger partial charge < -0.3 is 18.9 Å². The van der Waals surface area contributed by atoms with Crippen LogP contribution in [-0.4, -0.2) is 53.2 Å². The second-order valence-electron chi connectivity index (χ2n) is 7.80. The van der Waals surface area contributed by atoms with Crippen molar-refractivity contribution in [3.63, 3.8) is 0 Å². The number of ether oxygens (including phenoxy) is 2. The number of aryl methyl sites for hydroxylation is 1. The fraction of sp³-hybridized carbons (Fsp3) is 0.348. The van der Waals surface area contributed by atoms with Gasteiger partial charge in [0.15, 0.2) is 11.5 Å². The van der Waals surface area contributed by atoms with Crippen molar-refractivity contribution in [3.05, 3.63) is 59.8 Å². The number of aromatic nitrogens is 1. The lowest BCUT2D eigenvalue weighted by atomic mass is 10.1. The standard InChI is InChI=1S/C23H25N3O3/c1-24-15-18(19-4-2-3-5-20(19)24)13-23(27)26-10-8-25(9-11-26)14-17-6-7-21-22(12-17)29-16-28-21/h2-7,12,15H,8-11,13-14,16H2,1H3. The number of carbonyl (C=O) groups excluding carboxylic acids is 1. The van der Waals surface area contributed by atoms with Crippen LogP contribution in [0.4, 0.5) is 0 Å². The highest BCUT2D eigenvalue weighted by molar-refractivity contribution is 5.89. The number of nitrogens with zero attached hydrogens (tertiary/aromatic N) is 3. The molecule has 0 unspecified atom stereocenters. The summed E-state index contributed by atoms with van der Waals surface area (Å²) < 4.78 is 12.9. The number of amides is 1. The van der Waals surface area contributed by atoms with Crippen molar-refractivity contribution in [3.8, 4) is 11.5 Å². The van der Waals surface area contributed by atoms with Crippen molar-refractivity contribution in [2.24, 2.45) is 7.05 Å². The molecule has 3 aromatic rings. The summed E-state index contributed by atoms with van der Waals surface area (Å²) in [5.41, 5.74) is 3.49. The van der Waals surface area contributed by atoms with Gasteiger partial charge in [0.25, 0.3) is 0 Å². The Labute approximate surface area is 170 Å². The van der Waals surface area contributed by atoms with Gasteiger partial charge in [-0.05, 0) is 29.3 Å². The van der Waals surface area contributed by atoms with Crippen LogP contribution in [0.1, 0.15) is 11.1 Å². The molecule has 2 aromatic carbocycles. The largest absolute Gasteiger partial charge is 0.454 e. The SMILES string of the molecule is Cn1cc(CC(=O)N2CCN(Cc3ccc4c(c3)OCO4)CC2)c2ccccc21. The average Bonchev–Trinajstić information content (AvgIpc) is 3.33. The highest BCUT2D eigenvalue weighted by Crippen LogP contribution is 2.32. The van der Waals surface area contributed by atoms with Gasteiger partial charge in [-0.25, -0.2) is 0 Å². The minimum Gasteiger partial charge on any atom is -0.454 e. The maximum absolute atomic E-state index is 12.9. The van der Waals surface area contributed by atoms with Crippen LogP contribution in [-0.2, 0) is 24.8 Å². The van der Waals surface area contributed by atoms with Gasteiger partial charge in [-0.1, -0.05) is 24.3 Å². The van der Waals surface area contributed by atoms with Crippen molar-refractivity contribution < 1.29 is 14.3 Å². The van der Waals surface area contributed by atoms with Gasteiger partial charge in [0.2, 0.25) is 12.7 Å². The molecule has 3 heterocycles. The molecule has 1 amide bonds. The molecule has 0 saturated carbocycles. The third-order valence-electron chi connectivity index (χ3n) is 5.89. The molecule has 29 heavy (non-hydrogen) atoms. The fourth-order valence-electron chi connectivity index (χ4n) is 4.29. The molecular formula is C23H25N3O3. The number of benzene rings is 2. The summed E-state index contributed by atoms with van der Waals surface area (Å²) in [6.07, 6.45) is 2.54. The van der Waals surface area contributed by atoms with Gasteiger partial charge in [0, 0.05) is 56.9 Å². The minimum atomic E-state index is 0.212. The van der Waals surface area contributed by atoms with Crippen LogP contribution in [0.5, 0.6) is 11.5 Å². The molecule has 5 rings (SSSR count). The predicted molar refractivity (Wildman–Crippen MR) is 111 cm³/mol. The molecular weight excluding hydrogens is 366 g/mol. The topological polar surface area (TPSA) is 46.9 Å². The molecule has 0 N–H and O–H groups in total. The first-order valence-electron chi connectivity index (χ1n) is 10.1. The van der Waals surface area contributed by atoms with Crippen LogP contribution in [0.3, 0.4) is 0 Å². The molecule has 6 heteroatoms. The summed E-state index contributed by atoms with van der Waals surface area (Å²) in [5, 5.41) is 1.17. The Kier molecular flexibility index (Phi) is 4.64. The molecule has 0 radical (unpaired) electrons. The number of hydrogen-bond donors (Lipinski definition) is 0. The van der Waals surface area contributed by atoms with E-state index in [1.54, 1.807) is 0 Å². The van der Waals surface area contributed by atoms with Crippen molar-refractivity contribution in [2.75, 3.05) is 33.0 Å². The summed E-state index contributed by atoms with van der Waals surface area (Å²) >= 11 is 0. The molecule has 1 fully saturated rings. The molecule has 2 aliphatic heterocycles. The first-order chi connectivity index (χ1) is 14.2. The van der Waals surface area contributed by atoms with Crippen LogP contribution in [0.2, 0.25) is 0 Å². The third-order valence-corrected chi connectivity index (χ3v) is 5.89. The highest BCUT2D eigenvalue weighted by atomic mass is 16.7. The summed E-state index contributed by atoms with van der Waals surface area (Å²) in [6, 6.07) is 14.4. The monoisotopic (exact) mass is 391 g/mol.